The van der Waals surface area contributed by atoms with Crippen molar-refractivity contribution in [3.8, 4) is 0 Å². The molecule has 1 aromatic rings. The van der Waals surface area contributed by atoms with Crippen LogP contribution in [0.2, 0.25) is 0 Å². The molecule has 1 atom stereocenters. The third kappa shape index (κ3) is 2.70. The number of amides is 1. The number of carbonyl (C=O) groups is 2. The second-order valence-corrected chi connectivity index (χ2v) is 7.19. The van der Waals surface area contributed by atoms with E-state index in [0.717, 1.165) is 18.4 Å². The van der Waals surface area contributed by atoms with Crippen molar-refractivity contribution in [2.24, 2.45) is 5.41 Å². The van der Waals surface area contributed by atoms with E-state index in [1.54, 1.807) is 11.8 Å². The van der Waals surface area contributed by atoms with Gasteiger partial charge in [-0.1, -0.05) is 0 Å². The Kier molecular flexibility index (Phi) is 3.75. The summed E-state index contributed by atoms with van der Waals surface area (Å²) in [5.74, 6) is -0.861. The summed E-state index contributed by atoms with van der Waals surface area (Å²) in [6, 6.07) is 1.91. The Labute approximate surface area is 127 Å². The molecule has 3 heterocycles. The van der Waals surface area contributed by atoms with Crippen LogP contribution in [0.25, 0.3) is 0 Å². The summed E-state index contributed by atoms with van der Waals surface area (Å²) in [7, 11) is 0. The molecule has 0 bridgehead atoms. The molecule has 1 aromatic heterocycles. The fraction of sp³-hybridized carbons (Fsp3) is 0.600. The summed E-state index contributed by atoms with van der Waals surface area (Å²) in [5.41, 5.74) is 0.279. The van der Waals surface area contributed by atoms with Gasteiger partial charge in [0.25, 0.3) is 5.91 Å². The third-order valence-corrected chi connectivity index (χ3v) is 5.56. The number of rotatable bonds is 2. The lowest BCUT2D eigenvalue weighted by Gasteiger charge is -2.37. The Morgan fingerprint density at radius 3 is 3.00 bits per heavy atom. The molecule has 1 saturated heterocycles. The number of hydrogen-bond acceptors (Lipinski definition) is 4. The van der Waals surface area contributed by atoms with E-state index in [2.05, 4.69) is 0 Å². The maximum absolute atomic E-state index is 12.6. The molecule has 0 saturated carbocycles. The number of piperidine rings is 1. The van der Waals surface area contributed by atoms with Crippen LogP contribution >= 0.6 is 11.3 Å². The fourth-order valence-corrected chi connectivity index (χ4v) is 4.11. The van der Waals surface area contributed by atoms with Crippen LogP contribution in [0.15, 0.2) is 6.07 Å². The van der Waals surface area contributed by atoms with Crippen molar-refractivity contribution in [1.29, 1.82) is 0 Å². The van der Waals surface area contributed by atoms with Gasteiger partial charge in [-0.25, -0.2) is 0 Å². The zero-order chi connectivity index (χ0) is 15.0. The summed E-state index contributed by atoms with van der Waals surface area (Å²) in [4.78, 5) is 27.6. The fourth-order valence-electron chi connectivity index (χ4n) is 3.00. The van der Waals surface area contributed by atoms with Crippen LogP contribution in [0, 0.1) is 5.41 Å². The van der Waals surface area contributed by atoms with Gasteiger partial charge in [0.15, 0.2) is 0 Å². The van der Waals surface area contributed by atoms with Crippen molar-refractivity contribution < 1.29 is 19.4 Å². The van der Waals surface area contributed by atoms with Crippen molar-refractivity contribution >= 4 is 23.2 Å². The van der Waals surface area contributed by atoms with Gasteiger partial charge in [0.1, 0.15) is 0 Å². The van der Waals surface area contributed by atoms with Crippen LogP contribution < -0.4 is 0 Å². The maximum Gasteiger partial charge on any atom is 0.311 e. The lowest BCUT2D eigenvalue weighted by molar-refractivity contribution is -0.150. The van der Waals surface area contributed by atoms with E-state index < -0.39 is 11.4 Å². The summed E-state index contributed by atoms with van der Waals surface area (Å²) in [5, 5.41) is 9.35. The molecule has 2 aliphatic heterocycles. The minimum atomic E-state index is -0.825. The Morgan fingerprint density at radius 2 is 2.29 bits per heavy atom. The molecule has 6 heteroatoms. The molecule has 114 valence electrons. The predicted molar refractivity (Wildman–Crippen MR) is 78.6 cm³/mol. The van der Waals surface area contributed by atoms with Crippen LogP contribution in [0.3, 0.4) is 0 Å². The molecule has 1 fully saturated rings. The van der Waals surface area contributed by atoms with Crippen molar-refractivity contribution in [2.75, 3.05) is 19.7 Å². The molecule has 5 nitrogen and oxygen atoms in total. The topological polar surface area (TPSA) is 66.8 Å². The van der Waals surface area contributed by atoms with Crippen molar-refractivity contribution in [1.82, 2.24) is 4.90 Å². The molecule has 1 N–H and O–H groups in total. The van der Waals surface area contributed by atoms with E-state index in [9.17, 15) is 14.7 Å². The second kappa shape index (κ2) is 5.42. The molecule has 0 aromatic carbocycles. The van der Waals surface area contributed by atoms with Crippen LogP contribution in [0.4, 0.5) is 0 Å². The highest BCUT2D eigenvalue weighted by Gasteiger charge is 2.39. The van der Waals surface area contributed by atoms with E-state index in [1.165, 1.54) is 16.2 Å². The van der Waals surface area contributed by atoms with Gasteiger partial charge >= 0.3 is 5.97 Å². The molecule has 1 amide bonds. The van der Waals surface area contributed by atoms with E-state index in [0.29, 0.717) is 37.6 Å². The zero-order valence-corrected chi connectivity index (χ0v) is 12.9. The van der Waals surface area contributed by atoms with Gasteiger partial charge in [0.2, 0.25) is 0 Å². The molecule has 0 spiro atoms. The Bertz CT molecular complexity index is 559. The second-order valence-electron chi connectivity index (χ2n) is 6.06. The Balaban J connectivity index is 1.78. The first kappa shape index (κ1) is 14.5. The number of hydrogen-bond donors (Lipinski definition) is 1. The SMILES string of the molecule is CC1(C(=O)O)CCCN(C(=O)c2cc3c(s2)CCOC3)C1. The minimum Gasteiger partial charge on any atom is -0.481 e. The van der Waals surface area contributed by atoms with Crippen LogP contribution in [0.1, 0.15) is 39.9 Å². The van der Waals surface area contributed by atoms with Crippen molar-refractivity contribution in [3.63, 3.8) is 0 Å². The molecule has 0 aliphatic carbocycles. The number of nitrogens with zero attached hydrogens (tertiary/aromatic N) is 1. The number of aliphatic carboxylic acids is 1. The summed E-state index contributed by atoms with van der Waals surface area (Å²) >= 11 is 1.53. The first-order valence-electron chi connectivity index (χ1n) is 7.22. The molecule has 1 unspecified atom stereocenters. The number of carboxylic acid groups (broad SMARTS) is 1. The first-order chi connectivity index (χ1) is 9.99. The third-order valence-electron chi connectivity index (χ3n) is 4.34. The van der Waals surface area contributed by atoms with Crippen LogP contribution in [-0.4, -0.2) is 41.6 Å². The lowest BCUT2D eigenvalue weighted by atomic mass is 9.82. The van der Waals surface area contributed by atoms with Gasteiger partial charge < -0.3 is 14.7 Å². The van der Waals surface area contributed by atoms with Crippen molar-refractivity contribution in [3.05, 3.63) is 21.4 Å². The van der Waals surface area contributed by atoms with Gasteiger partial charge in [-0.3, -0.25) is 9.59 Å². The number of ether oxygens (including phenoxy) is 1. The first-order valence-corrected chi connectivity index (χ1v) is 8.03. The predicted octanol–water partition coefficient (Wildman–Crippen LogP) is 2.15. The largest absolute Gasteiger partial charge is 0.481 e. The van der Waals surface area contributed by atoms with Crippen LogP contribution in [-0.2, 0) is 22.6 Å². The average molecular weight is 309 g/mol. The molecular weight excluding hydrogens is 290 g/mol. The molecular formula is C15H19NO4S. The maximum atomic E-state index is 12.6. The normalized spacial score (nSPS) is 25.5. The van der Waals surface area contributed by atoms with Gasteiger partial charge in [-0.05, 0) is 31.4 Å². The number of carbonyl (C=O) groups excluding carboxylic acids is 1. The van der Waals surface area contributed by atoms with Gasteiger partial charge in [0, 0.05) is 24.4 Å². The molecule has 21 heavy (non-hydrogen) atoms. The minimum absolute atomic E-state index is 0.0402. The smallest absolute Gasteiger partial charge is 0.311 e. The monoisotopic (exact) mass is 309 g/mol. The standard InChI is InChI=1S/C15H19NO4S/c1-15(14(18)19)4-2-5-16(9-15)13(17)12-7-10-8-20-6-3-11(10)21-12/h7H,2-6,8-9H2,1H3,(H,18,19). The zero-order valence-electron chi connectivity index (χ0n) is 12.1. The molecule has 3 rings (SSSR count). The number of carboxylic acids is 1. The van der Waals surface area contributed by atoms with E-state index >= 15 is 0 Å². The van der Waals surface area contributed by atoms with E-state index in [-0.39, 0.29) is 5.91 Å². The Hall–Kier alpha value is -1.40. The average Bonchev–Trinajstić information content (AvgIpc) is 2.90. The number of fused-ring (bicyclic) bond motifs is 1. The lowest BCUT2D eigenvalue weighted by Crippen LogP contribution is -2.48. The van der Waals surface area contributed by atoms with E-state index in [1.807, 2.05) is 6.07 Å². The highest BCUT2D eigenvalue weighted by Crippen LogP contribution is 2.33. The summed E-state index contributed by atoms with van der Waals surface area (Å²) < 4.78 is 5.40. The Morgan fingerprint density at radius 1 is 1.48 bits per heavy atom. The van der Waals surface area contributed by atoms with Gasteiger partial charge in [0.05, 0.1) is 23.5 Å². The molecule has 2 aliphatic rings. The number of likely N-dealkylation sites (tertiary alicyclic amines) is 1. The highest BCUT2D eigenvalue weighted by atomic mass is 32.1. The van der Waals surface area contributed by atoms with Crippen molar-refractivity contribution in [2.45, 2.75) is 32.8 Å². The number of thiophene rings is 1. The van der Waals surface area contributed by atoms with Gasteiger partial charge in [-0.15, -0.1) is 11.3 Å². The quantitative estimate of drug-likeness (QED) is 0.909. The van der Waals surface area contributed by atoms with Gasteiger partial charge in [-0.2, -0.15) is 0 Å². The summed E-state index contributed by atoms with van der Waals surface area (Å²) in [6.07, 6.45) is 2.23. The molecule has 0 radical (unpaired) electrons. The van der Waals surface area contributed by atoms with E-state index in [4.69, 9.17) is 4.74 Å². The highest BCUT2D eigenvalue weighted by molar-refractivity contribution is 7.14. The van der Waals surface area contributed by atoms with Crippen LogP contribution in [0.5, 0.6) is 0 Å². The summed E-state index contributed by atoms with van der Waals surface area (Å²) in [6.45, 7) is 3.94.